The minimum atomic E-state index is -0.690. The van der Waals surface area contributed by atoms with Gasteiger partial charge in [0.05, 0.1) is 30.7 Å². The summed E-state index contributed by atoms with van der Waals surface area (Å²) in [5, 5.41) is 0.110. The Balaban J connectivity index is 1.81. The van der Waals surface area contributed by atoms with Crippen LogP contribution in [0.5, 0.6) is 11.5 Å². The highest BCUT2D eigenvalue weighted by Crippen LogP contribution is 2.41. The van der Waals surface area contributed by atoms with Gasteiger partial charge in [0.1, 0.15) is 11.4 Å². The van der Waals surface area contributed by atoms with Crippen molar-refractivity contribution in [1.29, 1.82) is 0 Å². The lowest BCUT2D eigenvalue weighted by atomic mass is 9.98. The molecule has 1 amide bonds. The van der Waals surface area contributed by atoms with Crippen molar-refractivity contribution in [2.75, 3.05) is 40.9 Å². The van der Waals surface area contributed by atoms with Gasteiger partial charge in [0.15, 0.2) is 16.9 Å². The molecule has 1 aromatic heterocycles. The molecule has 1 atom stereocenters. The van der Waals surface area contributed by atoms with E-state index in [9.17, 15) is 14.0 Å². The third-order valence-electron chi connectivity index (χ3n) is 6.22. The average Bonchev–Trinajstić information content (AvgIpc) is 3.12. The summed E-state index contributed by atoms with van der Waals surface area (Å²) in [5.74, 6) is 0.208. The van der Waals surface area contributed by atoms with Crippen molar-refractivity contribution in [2.24, 2.45) is 0 Å². The lowest BCUT2D eigenvalue weighted by molar-refractivity contribution is 0.0716. The SMILES string of the molecule is CCCCCOc1ccc(C2c3c(oc4ccc(F)cc4c3=O)C(=O)N2CCN(C)C)cc1OC. The molecule has 0 N–H and O–H groups in total. The fraction of sp³-hybridized carbons (Fsp3) is 0.407. The van der Waals surface area contributed by atoms with Gasteiger partial charge in [0, 0.05) is 13.1 Å². The molecular formula is C27H31FN2O5. The van der Waals surface area contributed by atoms with Crippen LogP contribution in [0.15, 0.2) is 45.6 Å². The van der Waals surface area contributed by atoms with E-state index >= 15 is 0 Å². The van der Waals surface area contributed by atoms with E-state index in [1.165, 1.54) is 12.1 Å². The molecule has 0 fully saturated rings. The number of ether oxygens (including phenoxy) is 2. The molecule has 0 aliphatic carbocycles. The van der Waals surface area contributed by atoms with E-state index in [4.69, 9.17) is 13.9 Å². The first-order valence-electron chi connectivity index (χ1n) is 11.9. The Morgan fingerprint density at radius 1 is 1.09 bits per heavy atom. The van der Waals surface area contributed by atoms with Crippen LogP contribution in [0, 0.1) is 5.82 Å². The van der Waals surface area contributed by atoms with Gasteiger partial charge in [-0.05, 0) is 56.4 Å². The number of rotatable bonds is 10. The summed E-state index contributed by atoms with van der Waals surface area (Å²) in [6.07, 6.45) is 3.11. The minimum absolute atomic E-state index is 0.00303. The number of hydrogen-bond acceptors (Lipinski definition) is 6. The van der Waals surface area contributed by atoms with Gasteiger partial charge < -0.3 is 23.7 Å². The van der Waals surface area contributed by atoms with Gasteiger partial charge in [0.25, 0.3) is 5.91 Å². The fourth-order valence-electron chi connectivity index (χ4n) is 4.39. The molecule has 2 aromatic carbocycles. The van der Waals surface area contributed by atoms with Gasteiger partial charge >= 0.3 is 0 Å². The molecule has 186 valence electrons. The number of benzene rings is 2. The van der Waals surface area contributed by atoms with E-state index in [1.807, 2.05) is 25.1 Å². The van der Waals surface area contributed by atoms with Crippen molar-refractivity contribution in [3.8, 4) is 11.5 Å². The monoisotopic (exact) mass is 482 g/mol. The Morgan fingerprint density at radius 3 is 2.60 bits per heavy atom. The molecule has 1 unspecified atom stereocenters. The van der Waals surface area contributed by atoms with Gasteiger partial charge in [0.2, 0.25) is 5.76 Å². The van der Waals surface area contributed by atoms with Crippen LogP contribution in [0.1, 0.15) is 53.9 Å². The highest BCUT2D eigenvalue weighted by Gasteiger charge is 2.42. The van der Waals surface area contributed by atoms with E-state index in [0.717, 1.165) is 25.3 Å². The predicted molar refractivity (Wildman–Crippen MR) is 132 cm³/mol. The largest absolute Gasteiger partial charge is 0.493 e. The summed E-state index contributed by atoms with van der Waals surface area (Å²) >= 11 is 0. The Kier molecular flexibility index (Phi) is 7.40. The van der Waals surface area contributed by atoms with Crippen LogP contribution >= 0.6 is 0 Å². The maximum atomic E-state index is 14.0. The smallest absolute Gasteiger partial charge is 0.290 e. The molecule has 0 saturated carbocycles. The number of likely N-dealkylation sites (N-methyl/N-ethyl adjacent to an activating group) is 1. The topological polar surface area (TPSA) is 72.2 Å². The van der Waals surface area contributed by atoms with Gasteiger partial charge in [-0.3, -0.25) is 9.59 Å². The normalized spacial score (nSPS) is 15.2. The second-order valence-corrected chi connectivity index (χ2v) is 8.98. The standard InChI is InChI=1S/C27H31FN2O5/c1-5-6-7-14-34-21-10-8-17(15-22(21)33-4)24-23-25(31)19-16-18(28)9-11-20(19)35-26(23)27(32)30(24)13-12-29(2)3/h8-11,15-16,24H,5-7,12-14H2,1-4H3. The van der Waals surface area contributed by atoms with Crippen molar-refractivity contribution in [3.05, 3.63) is 69.3 Å². The molecule has 0 bridgehead atoms. The number of halogens is 1. The number of carbonyl (C=O) groups is 1. The molecule has 3 aromatic rings. The lowest BCUT2D eigenvalue weighted by Crippen LogP contribution is -2.35. The van der Waals surface area contributed by atoms with Crippen LogP contribution in [-0.2, 0) is 0 Å². The molecule has 4 rings (SSSR count). The fourth-order valence-corrected chi connectivity index (χ4v) is 4.39. The molecule has 2 heterocycles. The molecule has 35 heavy (non-hydrogen) atoms. The number of hydrogen-bond donors (Lipinski definition) is 0. The summed E-state index contributed by atoms with van der Waals surface area (Å²) in [7, 11) is 5.38. The van der Waals surface area contributed by atoms with E-state index in [2.05, 4.69) is 6.92 Å². The van der Waals surface area contributed by atoms with Crippen LogP contribution in [0.2, 0.25) is 0 Å². The minimum Gasteiger partial charge on any atom is -0.493 e. The highest BCUT2D eigenvalue weighted by atomic mass is 19.1. The lowest BCUT2D eigenvalue weighted by Gasteiger charge is -2.27. The number of nitrogens with zero attached hydrogens (tertiary/aromatic N) is 2. The maximum Gasteiger partial charge on any atom is 0.290 e. The maximum absolute atomic E-state index is 14.0. The molecule has 0 spiro atoms. The first-order chi connectivity index (χ1) is 16.8. The zero-order chi connectivity index (χ0) is 25.1. The summed E-state index contributed by atoms with van der Waals surface area (Å²) in [6.45, 7) is 3.67. The van der Waals surface area contributed by atoms with Crippen LogP contribution in [0.4, 0.5) is 4.39 Å². The van der Waals surface area contributed by atoms with Crippen molar-refractivity contribution >= 4 is 16.9 Å². The number of methoxy groups -OCH3 is 1. The molecule has 7 nitrogen and oxygen atoms in total. The number of carbonyl (C=O) groups excluding carboxylic acids is 1. The highest BCUT2D eigenvalue weighted by molar-refractivity contribution is 5.99. The van der Waals surface area contributed by atoms with Crippen molar-refractivity contribution < 1.29 is 23.1 Å². The summed E-state index contributed by atoms with van der Waals surface area (Å²) in [6, 6.07) is 8.48. The van der Waals surface area contributed by atoms with Gasteiger partial charge in [-0.1, -0.05) is 25.8 Å². The van der Waals surface area contributed by atoms with Crippen molar-refractivity contribution in [1.82, 2.24) is 9.80 Å². The zero-order valence-corrected chi connectivity index (χ0v) is 20.6. The number of fused-ring (bicyclic) bond motifs is 2. The summed E-state index contributed by atoms with van der Waals surface area (Å²) < 4.78 is 31.3. The van der Waals surface area contributed by atoms with E-state index < -0.39 is 17.3 Å². The summed E-state index contributed by atoms with van der Waals surface area (Å²) in [5.41, 5.74) is 0.678. The number of unbranched alkanes of at least 4 members (excludes halogenated alkanes) is 2. The molecular weight excluding hydrogens is 451 g/mol. The van der Waals surface area contributed by atoms with E-state index in [-0.39, 0.29) is 28.2 Å². The van der Waals surface area contributed by atoms with Crippen molar-refractivity contribution in [3.63, 3.8) is 0 Å². The van der Waals surface area contributed by atoms with Gasteiger partial charge in [-0.25, -0.2) is 4.39 Å². The summed E-state index contributed by atoms with van der Waals surface area (Å²) in [4.78, 5) is 30.5. The van der Waals surface area contributed by atoms with E-state index in [1.54, 1.807) is 24.1 Å². The predicted octanol–water partition coefficient (Wildman–Crippen LogP) is 4.62. The van der Waals surface area contributed by atoms with Crippen LogP contribution in [0.3, 0.4) is 0 Å². The Morgan fingerprint density at radius 2 is 1.89 bits per heavy atom. The van der Waals surface area contributed by atoms with Gasteiger partial charge in [-0.15, -0.1) is 0 Å². The molecule has 0 saturated heterocycles. The molecule has 1 aliphatic rings. The Labute approximate surface area is 204 Å². The Bertz CT molecular complexity index is 1290. The first kappa shape index (κ1) is 24.7. The van der Waals surface area contributed by atoms with Crippen LogP contribution < -0.4 is 14.9 Å². The van der Waals surface area contributed by atoms with Gasteiger partial charge in [-0.2, -0.15) is 0 Å². The second-order valence-electron chi connectivity index (χ2n) is 8.98. The third kappa shape index (κ3) is 4.89. The number of amides is 1. The first-order valence-corrected chi connectivity index (χ1v) is 11.9. The van der Waals surface area contributed by atoms with Crippen LogP contribution in [0.25, 0.3) is 11.0 Å². The molecule has 1 aliphatic heterocycles. The average molecular weight is 483 g/mol. The third-order valence-corrected chi connectivity index (χ3v) is 6.22. The molecule has 0 radical (unpaired) electrons. The zero-order valence-electron chi connectivity index (χ0n) is 20.6. The van der Waals surface area contributed by atoms with Crippen LogP contribution in [-0.4, -0.2) is 56.6 Å². The van der Waals surface area contributed by atoms with Crippen molar-refractivity contribution in [2.45, 2.75) is 32.2 Å². The molecule has 8 heteroatoms. The van der Waals surface area contributed by atoms with E-state index in [0.29, 0.717) is 36.8 Å². The quantitative estimate of drug-likeness (QED) is 0.393. The second kappa shape index (κ2) is 10.5. The Hall–Kier alpha value is -3.39.